The minimum atomic E-state index is -0.322. The third kappa shape index (κ3) is 9.32. The summed E-state index contributed by atoms with van der Waals surface area (Å²) in [5.41, 5.74) is 1.31. The van der Waals surface area contributed by atoms with Crippen LogP contribution in [0.3, 0.4) is 0 Å². The van der Waals surface area contributed by atoms with Gasteiger partial charge in [-0.3, -0.25) is 4.79 Å². The normalized spacial score (nSPS) is 11.8. The second-order valence-corrected chi connectivity index (χ2v) is 7.39. The minimum absolute atomic E-state index is 0.0210. The van der Waals surface area contributed by atoms with Crippen molar-refractivity contribution < 1.29 is 29.6 Å². The Morgan fingerprint density at radius 2 is 1.62 bits per heavy atom. The van der Waals surface area contributed by atoms with Gasteiger partial charge < -0.3 is 30.1 Å². The van der Waals surface area contributed by atoms with Gasteiger partial charge in [0.15, 0.2) is 0 Å². The zero-order chi connectivity index (χ0) is 21.9. The molecule has 0 aliphatic heterocycles. The molecule has 1 amide bonds. The summed E-state index contributed by atoms with van der Waals surface area (Å²) in [5, 5.41) is 31.1. The van der Waals surface area contributed by atoms with E-state index in [9.17, 15) is 15.0 Å². The highest BCUT2D eigenvalue weighted by atomic mass is 16.5. The Morgan fingerprint density at radius 1 is 1.07 bits per heavy atom. The van der Waals surface area contributed by atoms with Crippen molar-refractivity contribution in [3.05, 3.63) is 53.6 Å². The molecule has 0 aliphatic carbocycles. The number of hydrogen-bond donors (Lipinski definition) is 4. The maximum atomic E-state index is 10.4. The van der Waals surface area contributed by atoms with Gasteiger partial charge in [-0.1, -0.05) is 18.2 Å². The van der Waals surface area contributed by atoms with E-state index in [2.05, 4.69) is 5.32 Å². The molecule has 2 aromatic carbocycles. The van der Waals surface area contributed by atoms with Crippen LogP contribution in [0.5, 0.6) is 17.2 Å². The summed E-state index contributed by atoms with van der Waals surface area (Å²) in [7, 11) is 1.71. The number of nitrogens with one attached hydrogen (secondary N) is 1. The number of phenolic OH excluding ortho intramolecular Hbond substituents is 2. The lowest BCUT2D eigenvalue weighted by molar-refractivity contribution is -0.110. The lowest BCUT2D eigenvalue weighted by atomic mass is 10.1. The van der Waals surface area contributed by atoms with E-state index in [4.69, 9.17) is 14.6 Å². The minimum Gasteiger partial charge on any atom is -0.507 e. The lowest BCUT2D eigenvalue weighted by Crippen LogP contribution is -2.33. The molecule has 0 heterocycles. The average Bonchev–Trinajstić information content (AvgIpc) is 2.68. The van der Waals surface area contributed by atoms with E-state index < -0.39 is 0 Å². The summed E-state index contributed by atoms with van der Waals surface area (Å²) in [6, 6.07) is 11.4. The van der Waals surface area contributed by atoms with Gasteiger partial charge in [-0.05, 0) is 57.0 Å². The van der Waals surface area contributed by atoms with Gasteiger partial charge in [0.05, 0.1) is 23.8 Å². The molecular formula is C22H31NO6. The van der Waals surface area contributed by atoms with Crippen LogP contribution >= 0.6 is 0 Å². The third-order valence-electron chi connectivity index (χ3n) is 4.05. The van der Waals surface area contributed by atoms with Gasteiger partial charge in [-0.15, -0.1) is 0 Å². The van der Waals surface area contributed by atoms with Gasteiger partial charge in [0.2, 0.25) is 6.41 Å². The standard InChI is InChI=1S/C17H19NO5.C5H12O/c19-9-13(18-11-20)8-12-4-6-14(7-5-12)23-10-15-16(21)2-1-3-17(15)22;1-5(2,3)6-4/h1-7,11,13,19,21-22H,8-10H2,(H,18,20);1-4H3/t13-;/m0./s1. The van der Waals surface area contributed by atoms with E-state index in [-0.39, 0.29) is 36.4 Å². The molecule has 0 aliphatic rings. The fourth-order valence-electron chi connectivity index (χ4n) is 2.14. The van der Waals surface area contributed by atoms with Gasteiger partial charge >= 0.3 is 0 Å². The van der Waals surface area contributed by atoms with Crippen LogP contribution in [0.4, 0.5) is 0 Å². The molecular weight excluding hydrogens is 374 g/mol. The molecule has 0 fully saturated rings. The summed E-state index contributed by atoms with van der Waals surface area (Å²) >= 11 is 0. The van der Waals surface area contributed by atoms with Crippen LogP contribution in [0.1, 0.15) is 31.9 Å². The molecule has 0 saturated heterocycles. The lowest BCUT2D eigenvalue weighted by Gasteiger charge is -2.14. The monoisotopic (exact) mass is 405 g/mol. The van der Waals surface area contributed by atoms with Gasteiger partial charge in [0.1, 0.15) is 23.9 Å². The van der Waals surface area contributed by atoms with Crippen molar-refractivity contribution in [2.24, 2.45) is 0 Å². The SMILES string of the molecule is COC(C)(C)C.O=CN[C@H](CO)Cc1ccc(OCc2c(O)cccc2O)cc1. The first-order valence-corrected chi connectivity index (χ1v) is 9.27. The maximum Gasteiger partial charge on any atom is 0.207 e. The van der Waals surface area contributed by atoms with Crippen LogP contribution in [0.25, 0.3) is 0 Å². The van der Waals surface area contributed by atoms with Crippen LogP contribution < -0.4 is 10.1 Å². The first kappa shape index (κ1) is 24.3. The van der Waals surface area contributed by atoms with Gasteiger partial charge in [0, 0.05) is 7.11 Å². The molecule has 0 spiro atoms. The molecule has 160 valence electrons. The van der Waals surface area contributed by atoms with E-state index >= 15 is 0 Å². The summed E-state index contributed by atoms with van der Waals surface area (Å²) in [6.45, 7) is 5.97. The molecule has 0 unspecified atom stereocenters. The maximum absolute atomic E-state index is 10.4. The summed E-state index contributed by atoms with van der Waals surface area (Å²) in [6.07, 6.45) is 1.08. The Morgan fingerprint density at radius 3 is 2.07 bits per heavy atom. The zero-order valence-corrected chi connectivity index (χ0v) is 17.4. The Labute approximate surface area is 171 Å². The fourth-order valence-corrected chi connectivity index (χ4v) is 2.14. The van der Waals surface area contributed by atoms with Gasteiger partial charge in [-0.2, -0.15) is 0 Å². The van der Waals surface area contributed by atoms with E-state index in [0.29, 0.717) is 24.1 Å². The number of methoxy groups -OCH3 is 1. The smallest absolute Gasteiger partial charge is 0.207 e. The van der Waals surface area contributed by atoms with Gasteiger partial charge in [0.25, 0.3) is 0 Å². The highest BCUT2D eigenvalue weighted by Gasteiger charge is 2.09. The first-order chi connectivity index (χ1) is 13.7. The molecule has 0 aromatic heterocycles. The quantitative estimate of drug-likeness (QED) is 0.503. The molecule has 29 heavy (non-hydrogen) atoms. The molecule has 4 N–H and O–H groups in total. The number of aliphatic hydroxyl groups is 1. The molecule has 0 radical (unpaired) electrons. The number of carbonyl (C=O) groups excluding carboxylic acids is 1. The predicted octanol–water partition coefficient (Wildman–Crippen LogP) is 2.76. The highest BCUT2D eigenvalue weighted by Crippen LogP contribution is 2.27. The van der Waals surface area contributed by atoms with Crippen LogP contribution in [0.2, 0.25) is 0 Å². The third-order valence-corrected chi connectivity index (χ3v) is 4.05. The number of benzene rings is 2. The number of ether oxygens (including phenoxy) is 2. The van der Waals surface area contributed by atoms with Crippen LogP contribution in [0, 0.1) is 0 Å². The van der Waals surface area contributed by atoms with Crippen molar-refractivity contribution >= 4 is 6.41 Å². The number of aromatic hydroxyl groups is 2. The number of hydrogen-bond acceptors (Lipinski definition) is 6. The van der Waals surface area contributed by atoms with E-state index in [1.807, 2.05) is 32.9 Å². The Kier molecular flexibility index (Phi) is 9.99. The molecule has 0 saturated carbocycles. The Hall–Kier alpha value is -2.77. The zero-order valence-electron chi connectivity index (χ0n) is 17.4. The summed E-state index contributed by atoms with van der Waals surface area (Å²) in [4.78, 5) is 10.4. The number of rotatable bonds is 8. The molecule has 2 rings (SSSR count). The van der Waals surface area contributed by atoms with Crippen molar-refractivity contribution in [2.45, 2.75) is 45.4 Å². The Balaban J connectivity index is 0.000000612. The van der Waals surface area contributed by atoms with Crippen molar-refractivity contribution in [1.82, 2.24) is 5.32 Å². The summed E-state index contributed by atoms with van der Waals surface area (Å²) in [5.74, 6) is 0.542. The average molecular weight is 405 g/mol. The van der Waals surface area contributed by atoms with E-state index in [1.165, 1.54) is 12.1 Å². The second-order valence-electron chi connectivity index (χ2n) is 7.39. The molecule has 2 aromatic rings. The molecule has 0 bridgehead atoms. The topological polar surface area (TPSA) is 108 Å². The van der Waals surface area contributed by atoms with Crippen molar-refractivity contribution in [1.29, 1.82) is 0 Å². The molecule has 7 nitrogen and oxygen atoms in total. The van der Waals surface area contributed by atoms with Crippen molar-refractivity contribution in [3.63, 3.8) is 0 Å². The van der Waals surface area contributed by atoms with Crippen LogP contribution in [0.15, 0.2) is 42.5 Å². The predicted molar refractivity (Wildman–Crippen MR) is 111 cm³/mol. The number of amides is 1. The van der Waals surface area contributed by atoms with E-state index in [0.717, 1.165) is 5.56 Å². The number of carbonyl (C=O) groups is 1. The highest BCUT2D eigenvalue weighted by molar-refractivity contribution is 5.47. The number of aliphatic hydroxyl groups excluding tert-OH is 1. The van der Waals surface area contributed by atoms with Crippen molar-refractivity contribution in [3.8, 4) is 17.2 Å². The second kappa shape index (κ2) is 11.9. The van der Waals surface area contributed by atoms with Crippen molar-refractivity contribution in [2.75, 3.05) is 13.7 Å². The molecule has 7 heteroatoms. The van der Waals surface area contributed by atoms with Gasteiger partial charge in [-0.25, -0.2) is 0 Å². The summed E-state index contributed by atoms with van der Waals surface area (Å²) < 4.78 is 10.5. The van der Waals surface area contributed by atoms with E-state index in [1.54, 1.807) is 25.3 Å². The fraction of sp³-hybridized carbons (Fsp3) is 0.409. The first-order valence-electron chi connectivity index (χ1n) is 9.27. The van der Waals surface area contributed by atoms with Crippen LogP contribution in [-0.2, 0) is 22.6 Å². The largest absolute Gasteiger partial charge is 0.507 e. The Bertz CT molecular complexity index is 720. The van der Waals surface area contributed by atoms with Crippen LogP contribution in [-0.4, -0.2) is 47.1 Å². The number of phenols is 2. The molecule has 1 atom stereocenters.